The quantitative estimate of drug-likeness (QED) is 0.619. The van der Waals surface area contributed by atoms with Gasteiger partial charge >= 0.3 is 0 Å². The normalized spacial score (nSPS) is 9.93. The molecule has 0 atom stereocenters. The van der Waals surface area contributed by atoms with Crippen LogP contribution < -0.4 is 5.06 Å². The SMILES string of the molecule is CON(C)c1ccc(Br)cc1[N+](=O)[O-]. The smallest absolute Gasteiger partial charge is 0.277 e. The van der Waals surface area contributed by atoms with Crippen LogP contribution in [0.3, 0.4) is 0 Å². The van der Waals surface area contributed by atoms with E-state index in [1.165, 1.54) is 18.2 Å². The summed E-state index contributed by atoms with van der Waals surface area (Å²) in [5, 5.41) is 12.0. The van der Waals surface area contributed by atoms with Crippen molar-refractivity contribution in [1.82, 2.24) is 0 Å². The maximum atomic E-state index is 10.7. The van der Waals surface area contributed by atoms with Crippen molar-refractivity contribution in [3.05, 3.63) is 32.8 Å². The molecule has 0 aliphatic carbocycles. The lowest BCUT2D eigenvalue weighted by Crippen LogP contribution is -2.16. The van der Waals surface area contributed by atoms with Crippen molar-refractivity contribution in [1.29, 1.82) is 0 Å². The van der Waals surface area contributed by atoms with Gasteiger partial charge in [-0.25, -0.2) is 0 Å². The number of nitro groups is 1. The predicted octanol–water partition coefficient (Wildman–Crippen LogP) is 2.35. The number of hydrogen-bond donors (Lipinski definition) is 0. The highest BCUT2D eigenvalue weighted by molar-refractivity contribution is 9.10. The van der Waals surface area contributed by atoms with Gasteiger partial charge in [-0.05, 0) is 12.1 Å². The Morgan fingerprint density at radius 2 is 2.21 bits per heavy atom. The van der Waals surface area contributed by atoms with Crippen LogP contribution in [0.2, 0.25) is 0 Å². The van der Waals surface area contributed by atoms with Crippen molar-refractivity contribution in [3.63, 3.8) is 0 Å². The largest absolute Gasteiger partial charge is 0.295 e. The molecule has 0 saturated carbocycles. The summed E-state index contributed by atoms with van der Waals surface area (Å²) in [4.78, 5) is 15.1. The highest BCUT2D eigenvalue weighted by Crippen LogP contribution is 2.30. The van der Waals surface area contributed by atoms with Gasteiger partial charge in [-0.2, -0.15) is 0 Å². The molecule has 14 heavy (non-hydrogen) atoms. The van der Waals surface area contributed by atoms with Gasteiger partial charge in [-0.3, -0.25) is 20.0 Å². The lowest BCUT2D eigenvalue weighted by Gasteiger charge is -2.15. The lowest BCUT2D eigenvalue weighted by atomic mass is 10.3. The molecule has 0 spiro atoms. The molecule has 1 aromatic rings. The van der Waals surface area contributed by atoms with Crippen molar-refractivity contribution in [2.24, 2.45) is 0 Å². The Hall–Kier alpha value is -1.14. The summed E-state index contributed by atoms with van der Waals surface area (Å²) < 4.78 is 0.664. The number of hydroxylamine groups is 1. The maximum Gasteiger partial charge on any atom is 0.295 e. The Bertz CT molecular complexity index is 356. The molecule has 0 aliphatic rings. The van der Waals surface area contributed by atoms with Gasteiger partial charge < -0.3 is 0 Å². The van der Waals surface area contributed by atoms with Crippen LogP contribution in [0.5, 0.6) is 0 Å². The minimum absolute atomic E-state index is 0.00345. The van der Waals surface area contributed by atoms with E-state index >= 15 is 0 Å². The molecule has 5 nitrogen and oxygen atoms in total. The first-order valence-electron chi connectivity index (χ1n) is 3.78. The van der Waals surface area contributed by atoms with Crippen LogP contribution in [-0.2, 0) is 4.84 Å². The van der Waals surface area contributed by atoms with Crippen molar-refractivity contribution in [2.45, 2.75) is 0 Å². The molecule has 0 aliphatic heterocycles. The average molecular weight is 261 g/mol. The van der Waals surface area contributed by atoms with Gasteiger partial charge in [-0.1, -0.05) is 15.9 Å². The van der Waals surface area contributed by atoms with Crippen LogP contribution in [-0.4, -0.2) is 19.1 Å². The molecule has 6 heteroatoms. The number of anilines is 1. The van der Waals surface area contributed by atoms with Crippen LogP contribution >= 0.6 is 15.9 Å². The third kappa shape index (κ3) is 2.21. The van der Waals surface area contributed by atoms with Gasteiger partial charge in [-0.15, -0.1) is 0 Å². The first-order chi connectivity index (χ1) is 6.56. The summed E-state index contributed by atoms with van der Waals surface area (Å²) in [6, 6.07) is 4.77. The van der Waals surface area contributed by atoms with E-state index in [9.17, 15) is 10.1 Å². The van der Waals surface area contributed by atoms with E-state index in [-0.39, 0.29) is 5.69 Å². The van der Waals surface area contributed by atoms with E-state index in [1.54, 1.807) is 19.2 Å². The first kappa shape index (κ1) is 10.9. The molecule has 0 aromatic heterocycles. The molecule has 0 fully saturated rings. The number of nitro benzene ring substituents is 1. The fraction of sp³-hybridized carbons (Fsp3) is 0.250. The molecule has 0 amide bonds. The summed E-state index contributed by atoms with van der Waals surface area (Å²) >= 11 is 3.17. The number of halogens is 1. The monoisotopic (exact) mass is 260 g/mol. The second-order valence-electron chi connectivity index (χ2n) is 2.57. The van der Waals surface area contributed by atoms with Crippen molar-refractivity contribution in [2.75, 3.05) is 19.2 Å². The van der Waals surface area contributed by atoms with Crippen molar-refractivity contribution in [3.8, 4) is 0 Å². The van der Waals surface area contributed by atoms with Gasteiger partial charge in [0.15, 0.2) is 0 Å². The van der Waals surface area contributed by atoms with Gasteiger partial charge in [0.05, 0.1) is 12.0 Å². The molecule has 76 valence electrons. The molecule has 0 heterocycles. The highest BCUT2D eigenvalue weighted by atomic mass is 79.9. The van der Waals surface area contributed by atoms with Gasteiger partial charge in [0.1, 0.15) is 5.69 Å². The Kier molecular flexibility index (Phi) is 3.43. The highest BCUT2D eigenvalue weighted by Gasteiger charge is 2.17. The summed E-state index contributed by atoms with van der Waals surface area (Å²) in [6.45, 7) is 0. The van der Waals surface area contributed by atoms with Crippen LogP contribution in [0.15, 0.2) is 22.7 Å². The Balaban J connectivity index is 3.21. The van der Waals surface area contributed by atoms with E-state index in [0.717, 1.165) is 0 Å². The third-order valence-electron chi connectivity index (χ3n) is 1.75. The first-order valence-corrected chi connectivity index (χ1v) is 4.57. The van der Waals surface area contributed by atoms with Crippen molar-refractivity contribution < 1.29 is 9.76 Å². The van der Waals surface area contributed by atoms with Crippen molar-refractivity contribution >= 4 is 27.3 Å². The van der Waals surface area contributed by atoms with Crippen LogP contribution in [0.25, 0.3) is 0 Å². The Morgan fingerprint density at radius 1 is 1.57 bits per heavy atom. The lowest BCUT2D eigenvalue weighted by molar-refractivity contribution is -0.384. The van der Waals surface area contributed by atoms with Crippen LogP contribution in [0.4, 0.5) is 11.4 Å². The molecule has 0 saturated heterocycles. The minimum atomic E-state index is -0.449. The van der Waals surface area contributed by atoms with Crippen LogP contribution in [0.1, 0.15) is 0 Å². The van der Waals surface area contributed by atoms with Gasteiger partial charge in [0.25, 0.3) is 5.69 Å². The molecular formula is C8H9BrN2O3. The summed E-state index contributed by atoms with van der Waals surface area (Å²) in [6.07, 6.45) is 0. The molecule has 0 bridgehead atoms. The zero-order chi connectivity index (χ0) is 10.7. The maximum absolute atomic E-state index is 10.7. The second-order valence-corrected chi connectivity index (χ2v) is 3.49. The summed E-state index contributed by atoms with van der Waals surface area (Å²) in [5.74, 6) is 0. The summed E-state index contributed by atoms with van der Waals surface area (Å²) in [7, 11) is 3.06. The van der Waals surface area contributed by atoms with E-state index in [4.69, 9.17) is 4.84 Å². The summed E-state index contributed by atoms with van der Waals surface area (Å²) in [5.41, 5.74) is 0.421. The predicted molar refractivity (Wildman–Crippen MR) is 56.2 cm³/mol. The van der Waals surface area contributed by atoms with Crippen LogP contribution in [0, 0.1) is 10.1 Å². The molecule has 0 radical (unpaired) electrons. The minimum Gasteiger partial charge on any atom is -0.277 e. The van der Waals surface area contributed by atoms with E-state index in [2.05, 4.69) is 15.9 Å². The number of benzene rings is 1. The topological polar surface area (TPSA) is 55.6 Å². The molecule has 0 N–H and O–H groups in total. The zero-order valence-corrected chi connectivity index (χ0v) is 9.32. The van der Waals surface area contributed by atoms with E-state index in [0.29, 0.717) is 10.2 Å². The second kappa shape index (κ2) is 4.39. The van der Waals surface area contributed by atoms with E-state index < -0.39 is 4.92 Å². The zero-order valence-electron chi connectivity index (χ0n) is 7.73. The molecule has 1 rings (SSSR count). The standard InChI is InChI=1S/C8H9BrN2O3/c1-10(14-2)7-4-3-6(9)5-8(7)11(12)13/h3-5H,1-2H3. The third-order valence-corrected chi connectivity index (χ3v) is 2.24. The van der Waals surface area contributed by atoms with E-state index in [1.807, 2.05) is 0 Å². The number of hydrogen-bond acceptors (Lipinski definition) is 4. The molecular weight excluding hydrogens is 252 g/mol. The fourth-order valence-corrected chi connectivity index (χ4v) is 1.36. The number of nitrogens with zero attached hydrogens (tertiary/aromatic N) is 2. The Labute approximate surface area is 89.5 Å². The number of rotatable bonds is 3. The van der Waals surface area contributed by atoms with Gasteiger partial charge in [0.2, 0.25) is 0 Å². The molecule has 0 unspecified atom stereocenters. The Morgan fingerprint density at radius 3 is 2.71 bits per heavy atom. The molecule has 1 aromatic carbocycles. The van der Waals surface area contributed by atoms with Gasteiger partial charge in [0, 0.05) is 17.6 Å². The average Bonchev–Trinajstić information content (AvgIpc) is 2.16. The fourth-order valence-electron chi connectivity index (χ4n) is 1.01.